The molecular weight excluding hydrogens is 356 g/mol. The van der Waals surface area contributed by atoms with Crippen LogP contribution < -0.4 is 0 Å². The van der Waals surface area contributed by atoms with Gasteiger partial charge in [-0.3, -0.25) is 0 Å². The Balaban J connectivity index is 3.63. The molecule has 0 radical (unpaired) electrons. The summed E-state index contributed by atoms with van der Waals surface area (Å²) in [4.78, 5) is 0. The lowest BCUT2D eigenvalue weighted by molar-refractivity contribution is -0.399. The van der Waals surface area contributed by atoms with Crippen LogP contribution in [0.15, 0.2) is 0 Å². The van der Waals surface area contributed by atoms with Crippen molar-refractivity contribution in [1.82, 2.24) is 0 Å². The maximum absolute atomic E-state index is 13.9. The highest BCUT2D eigenvalue weighted by atomic mass is 19.4. The Morgan fingerprint density at radius 1 is 0.773 bits per heavy atom. The van der Waals surface area contributed by atoms with E-state index >= 15 is 0 Å². The van der Waals surface area contributed by atoms with Gasteiger partial charge in [0.1, 0.15) is 0 Å². The molecule has 1 fully saturated rings. The van der Waals surface area contributed by atoms with Gasteiger partial charge in [-0.15, -0.1) is 0 Å². The Bertz CT molecular complexity index is 441. The number of hydrogen-bond donors (Lipinski definition) is 1. The molecule has 1 heterocycles. The third kappa shape index (κ3) is 1.98. The van der Waals surface area contributed by atoms with Crippen LogP contribution in [0.3, 0.4) is 0 Å². The lowest BCUT2D eigenvalue weighted by Gasteiger charge is -2.42. The van der Waals surface area contributed by atoms with E-state index < -0.39 is 48.4 Å². The SMILES string of the molecule is OC1OCC(F)(C(F)(F)C(F)(F)F)C1(F)C(F)(F)C(F)(F)F. The third-order valence-corrected chi connectivity index (χ3v) is 3.02. The van der Waals surface area contributed by atoms with Gasteiger partial charge in [0.05, 0.1) is 6.61 Å². The predicted octanol–water partition coefficient (Wildman–Crippen LogP) is 3.15. The van der Waals surface area contributed by atoms with Crippen LogP contribution in [0.2, 0.25) is 0 Å². The molecule has 0 amide bonds. The van der Waals surface area contributed by atoms with Crippen LogP contribution in [0.5, 0.6) is 0 Å². The summed E-state index contributed by atoms with van der Waals surface area (Å²) in [5.41, 5.74) is -12.7. The number of halogens is 12. The largest absolute Gasteiger partial charge is 0.457 e. The molecule has 0 aromatic heterocycles. The molecule has 22 heavy (non-hydrogen) atoms. The van der Waals surface area contributed by atoms with Crippen molar-refractivity contribution < 1.29 is 62.5 Å². The first-order chi connectivity index (χ1) is 9.38. The van der Waals surface area contributed by atoms with Gasteiger partial charge >= 0.3 is 24.2 Å². The van der Waals surface area contributed by atoms with E-state index in [0.29, 0.717) is 0 Å². The fourth-order valence-corrected chi connectivity index (χ4v) is 1.76. The van der Waals surface area contributed by atoms with Crippen LogP contribution in [-0.2, 0) is 4.74 Å². The van der Waals surface area contributed by atoms with Crippen LogP contribution in [0.1, 0.15) is 0 Å². The molecule has 0 aromatic carbocycles. The van der Waals surface area contributed by atoms with Gasteiger partial charge in [-0.1, -0.05) is 0 Å². The van der Waals surface area contributed by atoms with Gasteiger partial charge in [-0.2, -0.15) is 43.9 Å². The summed E-state index contributed by atoms with van der Waals surface area (Å²) in [5.74, 6) is -14.1. The molecule has 1 aliphatic heterocycles. The molecule has 1 rings (SSSR count). The van der Waals surface area contributed by atoms with Crippen LogP contribution >= 0.6 is 0 Å². The normalized spacial score (nSPS) is 35.0. The van der Waals surface area contributed by atoms with Gasteiger partial charge in [0, 0.05) is 0 Å². The smallest absolute Gasteiger partial charge is 0.365 e. The Morgan fingerprint density at radius 3 is 1.45 bits per heavy atom. The number of aliphatic hydroxyl groups excluding tert-OH is 1. The maximum atomic E-state index is 13.9. The average Bonchev–Trinajstić information content (AvgIpc) is 2.53. The number of ether oxygens (including phenoxy) is 1. The highest BCUT2D eigenvalue weighted by Gasteiger charge is 2.92. The van der Waals surface area contributed by atoms with Crippen molar-refractivity contribution in [2.24, 2.45) is 0 Å². The molecule has 1 aliphatic rings. The van der Waals surface area contributed by atoms with Crippen molar-refractivity contribution in [1.29, 1.82) is 0 Å². The van der Waals surface area contributed by atoms with Gasteiger partial charge in [-0.05, 0) is 0 Å². The molecule has 0 bridgehead atoms. The second kappa shape index (κ2) is 4.55. The Morgan fingerprint density at radius 2 is 1.14 bits per heavy atom. The summed E-state index contributed by atoms with van der Waals surface area (Å²) in [6, 6.07) is 0. The predicted molar refractivity (Wildman–Crippen MR) is 41.6 cm³/mol. The number of hydrogen-bond acceptors (Lipinski definition) is 2. The van der Waals surface area contributed by atoms with Crippen LogP contribution in [0.4, 0.5) is 52.7 Å². The number of alkyl halides is 12. The van der Waals surface area contributed by atoms with E-state index in [1.165, 1.54) is 0 Å². The Kier molecular flexibility index (Phi) is 3.96. The summed E-state index contributed by atoms with van der Waals surface area (Å²) < 4.78 is 155. The van der Waals surface area contributed by atoms with Gasteiger partial charge in [-0.25, -0.2) is 8.78 Å². The van der Waals surface area contributed by atoms with Crippen LogP contribution in [0, 0.1) is 0 Å². The summed E-state index contributed by atoms with van der Waals surface area (Å²) in [7, 11) is 0. The quantitative estimate of drug-likeness (QED) is 0.767. The third-order valence-electron chi connectivity index (χ3n) is 3.02. The second-order valence-electron chi connectivity index (χ2n) is 4.32. The first kappa shape index (κ1) is 19.1. The molecule has 1 saturated heterocycles. The second-order valence-corrected chi connectivity index (χ2v) is 4.32. The summed E-state index contributed by atoms with van der Waals surface area (Å²) in [6.45, 7) is -2.89. The molecule has 3 unspecified atom stereocenters. The Labute approximate surface area is 112 Å². The van der Waals surface area contributed by atoms with Crippen molar-refractivity contribution in [3.05, 3.63) is 0 Å². The van der Waals surface area contributed by atoms with Crippen molar-refractivity contribution in [2.45, 2.75) is 41.8 Å². The Hall–Kier alpha value is -0.920. The number of rotatable bonds is 2. The molecular formula is C8H4F12O2. The van der Waals surface area contributed by atoms with Gasteiger partial charge in [0.15, 0.2) is 6.29 Å². The standard InChI is InChI=1S/C8H4F12O2/c9-3(5(11,12)7(15,16)17)1-22-2(21)4(3,10)6(13,14)8(18,19)20/h2,21H,1H2. The van der Waals surface area contributed by atoms with Crippen molar-refractivity contribution >= 4 is 0 Å². The van der Waals surface area contributed by atoms with Crippen LogP contribution in [-0.4, -0.2) is 53.5 Å². The minimum atomic E-state index is -7.11. The van der Waals surface area contributed by atoms with E-state index in [4.69, 9.17) is 5.11 Å². The van der Waals surface area contributed by atoms with E-state index in [1.807, 2.05) is 0 Å². The fourth-order valence-electron chi connectivity index (χ4n) is 1.76. The zero-order valence-corrected chi connectivity index (χ0v) is 9.68. The van der Waals surface area contributed by atoms with Crippen molar-refractivity contribution in [2.75, 3.05) is 6.61 Å². The zero-order chi connectivity index (χ0) is 18.0. The maximum Gasteiger partial charge on any atom is 0.457 e. The molecule has 0 spiro atoms. The van der Waals surface area contributed by atoms with Gasteiger partial charge < -0.3 is 9.84 Å². The first-order valence-corrected chi connectivity index (χ1v) is 4.94. The van der Waals surface area contributed by atoms with Crippen molar-refractivity contribution in [3.8, 4) is 0 Å². The fraction of sp³-hybridized carbons (Fsp3) is 1.00. The topological polar surface area (TPSA) is 29.5 Å². The van der Waals surface area contributed by atoms with E-state index in [1.54, 1.807) is 0 Å². The molecule has 1 N–H and O–H groups in total. The summed E-state index contributed by atoms with van der Waals surface area (Å²) in [6.07, 6.45) is -18.3. The first-order valence-electron chi connectivity index (χ1n) is 4.94. The molecule has 2 nitrogen and oxygen atoms in total. The lowest BCUT2D eigenvalue weighted by Crippen LogP contribution is -2.74. The highest BCUT2D eigenvalue weighted by molar-refractivity contribution is 5.22. The summed E-state index contributed by atoms with van der Waals surface area (Å²) >= 11 is 0. The van der Waals surface area contributed by atoms with E-state index in [2.05, 4.69) is 4.74 Å². The molecule has 14 heteroatoms. The monoisotopic (exact) mass is 360 g/mol. The molecule has 132 valence electrons. The molecule has 0 saturated carbocycles. The van der Waals surface area contributed by atoms with Gasteiger partial charge in [0.2, 0.25) is 0 Å². The molecule has 3 atom stereocenters. The average molecular weight is 360 g/mol. The minimum absolute atomic E-state index is 2.89. The van der Waals surface area contributed by atoms with Gasteiger partial charge in [0.25, 0.3) is 11.3 Å². The number of aliphatic hydroxyl groups is 1. The van der Waals surface area contributed by atoms with Crippen LogP contribution in [0.25, 0.3) is 0 Å². The zero-order valence-electron chi connectivity index (χ0n) is 9.68. The summed E-state index contributed by atoms with van der Waals surface area (Å²) in [5, 5.41) is 8.59. The minimum Gasteiger partial charge on any atom is -0.365 e. The lowest BCUT2D eigenvalue weighted by atomic mass is 9.77. The van der Waals surface area contributed by atoms with E-state index in [9.17, 15) is 52.7 Å². The van der Waals surface area contributed by atoms with Crippen molar-refractivity contribution in [3.63, 3.8) is 0 Å². The van der Waals surface area contributed by atoms with E-state index in [-0.39, 0.29) is 0 Å². The van der Waals surface area contributed by atoms with E-state index in [0.717, 1.165) is 0 Å². The molecule has 0 aromatic rings. The molecule has 0 aliphatic carbocycles. The highest BCUT2D eigenvalue weighted by Crippen LogP contribution is 2.62.